The predicted molar refractivity (Wildman–Crippen MR) is 98.9 cm³/mol. The quantitative estimate of drug-likeness (QED) is 0.632. The van der Waals surface area contributed by atoms with E-state index in [4.69, 9.17) is 4.74 Å². The van der Waals surface area contributed by atoms with Crippen LogP contribution in [0.2, 0.25) is 0 Å². The third kappa shape index (κ3) is 4.08. The average molecular weight is 337 g/mol. The molecule has 1 aliphatic heterocycles. The van der Waals surface area contributed by atoms with E-state index in [9.17, 15) is 9.59 Å². The molecule has 25 heavy (non-hydrogen) atoms. The van der Waals surface area contributed by atoms with Crippen molar-refractivity contribution in [3.8, 4) is 0 Å². The number of amides is 1. The highest BCUT2D eigenvalue weighted by atomic mass is 16.5. The number of ether oxygens (including phenoxy) is 1. The number of nitrogens with zero attached hydrogens (tertiary/aromatic N) is 1. The van der Waals surface area contributed by atoms with Crippen LogP contribution in [0.5, 0.6) is 0 Å². The number of likely N-dealkylation sites (tertiary alicyclic amines) is 1. The number of piperidine rings is 1. The maximum atomic E-state index is 12.5. The molecule has 1 aliphatic rings. The molecule has 1 atom stereocenters. The molecule has 0 unspecified atom stereocenters. The Balaban J connectivity index is 1.70. The lowest BCUT2D eigenvalue weighted by Crippen LogP contribution is -2.42. The summed E-state index contributed by atoms with van der Waals surface area (Å²) >= 11 is 0. The van der Waals surface area contributed by atoms with Crippen molar-refractivity contribution in [3.05, 3.63) is 54.1 Å². The molecular formula is C21H23NO3. The molecule has 0 aliphatic carbocycles. The Hall–Kier alpha value is -2.62. The van der Waals surface area contributed by atoms with Gasteiger partial charge in [0.2, 0.25) is 5.91 Å². The zero-order valence-corrected chi connectivity index (χ0v) is 14.5. The van der Waals surface area contributed by atoms with Gasteiger partial charge in [-0.05, 0) is 42.2 Å². The van der Waals surface area contributed by atoms with E-state index in [0.29, 0.717) is 19.7 Å². The second-order valence-corrected chi connectivity index (χ2v) is 6.28. The molecule has 1 fully saturated rings. The van der Waals surface area contributed by atoms with E-state index in [1.807, 2.05) is 30.3 Å². The first-order valence-electron chi connectivity index (χ1n) is 8.80. The molecule has 2 aromatic rings. The zero-order chi connectivity index (χ0) is 17.6. The SMILES string of the molecule is CCOC(=O)[C@@H]1CCCN(C(=O)/C=C/c2cccc3ccccc23)C1. The van der Waals surface area contributed by atoms with Gasteiger partial charge in [-0.1, -0.05) is 42.5 Å². The number of carbonyl (C=O) groups is 2. The lowest BCUT2D eigenvalue weighted by Gasteiger charge is -2.30. The van der Waals surface area contributed by atoms with Crippen molar-refractivity contribution < 1.29 is 14.3 Å². The summed E-state index contributed by atoms with van der Waals surface area (Å²) < 4.78 is 5.09. The largest absolute Gasteiger partial charge is 0.466 e. The van der Waals surface area contributed by atoms with Gasteiger partial charge in [0.15, 0.2) is 0 Å². The molecule has 1 saturated heterocycles. The summed E-state index contributed by atoms with van der Waals surface area (Å²) in [5.74, 6) is -0.455. The summed E-state index contributed by atoms with van der Waals surface area (Å²) in [7, 11) is 0. The van der Waals surface area contributed by atoms with Crippen LogP contribution in [-0.2, 0) is 14.3 Å². The Labute approximate surface area is 148 Å². The minimum absolute atomic E-state index is 0.0538. The van der Waals surface area contributed by atoms with E-state index in [2.05, 4.69) is 18.2 Å². The molecule has 0 bridgehead atoms. The standard InChI is InChI=1S/C21H23NO3/c1-2-25-21(24)18-10-6-14-22(15-18)20(23)13-12-17-9-5-8-16-7-3-4-11-19(16)17/h3-5,7-9,11-13,18H,2,6,10,14-15H2,1H3/b13-12+/t18-/m1/s1. The fourth-order valence-electron chi connectivity index (χ4n) is 3.29. The van der Waals surface area contributed by atoms with E-state index >= 15 is 0 Å². The summed E-state index contributed by atoms with van der Waals surface area (Å²) in [4.78, 5) is 26.2. The van der Waals surface area contributed by atoms with Gasteiger partial charge < -0.3 is 9.64 Å². The zero-order valence-electron chi connectivity index (χ0n) is 14.5. The highest BCUT2D eigenvalue weighted by molar-refractivity contribution is 5.97. The summed E-state index contributed by atoms with van der Waals surface area (Å²) in [5, 5.41) is 2.27. The molecule has 0 N–H and O–H groups in total. The third-order valence-electron chi connectivity index (χ3n) is 4.58. The van der Waals surface area contributed by atoms with Gasteiger partial charge in [0.05, 0.1) is 12.5 Å². The van der Waals surface area contributed by atoms with Crippen LogP contribution in [0.3, 0.4) is 0 Å². The monoisotopic (exact) mass is 337 g/mol. The molecule has 2 aromatic carbocycles. The average Bonchev–Trinajstić information content (AvgIpc) is 2.66. The third-order valence-corrected chi connectivity index (χ3v) is 4.58. The Morgan fingerprint density at radius 3 is 2.84 bits per heavy atom. The number of hydrogen-bond donors (Lipinski definition) is 0. The van der Waals surface area contributed by atoms with Crippen LogP contribution in [0.1, 0.15) is 25.3 Å². The van der Waals surface area contributed by atoms with E-state index in [0.717, 1.165) is 29.2 Å². The first-order chi connectivity index (χ1) is 12.2. The van der Waals surface area contributed by atoms with Crippen molar-refractivity contribution in [3.63, 3.8) is 0 Å². The van der Waals surface area contributed by atoms with Crippen molar-refractivity contribution in [1.82, 2.24) is 4.90 Å². The maximum Gasteiger partial charge on any atom is 0.310 e. The molecule has 4 heteroatoms. The van der Waals surface area contributed by atoms with Gasteiger partial charge in [0.1, 0.15) is 0 Å². The Morgan fingerprint density at radius 2 is 2.00 bits per heavy atom. The normalized spacial score (nSPS) is 17.8. The highest BCUT2D eigenvalue weighted by Gasteiger charge is 2.28. The second kappa shape index (κ2) is 7.97. The van der Waals surface area contributed by atoms with Gasteiger partial charge in [-0.25, -0.2) is 0 Å². The fourth-order valence-corrected chi connectivity index (χ4v) is 3.29. The van der Waals surface area contributed by atoms with Gasteiger partial charge in [-0.2, -0.15) is 0 Å². The van der Waals surface area contributed by atoms with Gasteiger partial charge in [-0.3, -0.25) is 9.59 Å². The first-order valence-corrected chi connectivity index (χ1v) is 8.80. The van der Waals surface area contributed by atoms with Crippen LogP contribution in [0.4, 0.5) is 0 Å². The van der Waals surface area contributed by atoms with Crippen molar-refractivity contribution in [2.24, 2.45) is 5.92 Å². The first kappa shape index (κ1) is 17.2. The predicted octanol–water partition coefficient (Wildman–Crippen LogP) is 3.65. The number of hydrogen-bond acceptors (Lipinski definition) is 3. The Morgan fingerprint density at radius 1 is 1.20 bits per heavy atom. The van der Waals surface area contributed by atoms with Crippen molar-refractivity contribution >= 4 is 28.7 Å². The van der Waals surface area contributed by atoms with E-state index < -0.39 is 0 Å². The van der Waals surface area contributed by atoms with Crippen molar-refractivity contribution in [2.75, 3.05) is 19.7 Å². The number of fused-ring (bicyclic) bond motifs is 1. The molecule has 1 amide bonds. The van der Waals surface area contributed by atoms with Gasteiger partial charge in [0, 0.05) is 19.2 Å². The number of carbonyl (C=O) groups excluding carboxylic acids is 2. The molecular weight excluding hydrogens is 314 g/mol. The number of esters is 1. The summed E-state index contributed by atoms with van der Waals surface area (Å²) in [5.41, 5.74) is 1.02. The minimum atomic E-state index is -0.205. The smallest absolute Gasteiger partial charge is 0.310 e. The van der Waals surface area contributed by atoms with Gasteiger partial charge in [0.25, 0.3) is 0 Å². The molecule has 4 nitrogen and oxygen atoms in total. The van der Waals surface area contributed by atoms with Crippen LogP contribution >= 0.6 is 0 Å². The number of rotatable bonds is 4. The van der Waals surface area contributed by atoms with E-state index in [1.165, 1.54) is 0 Å². The Kier molecular flexibility index (Phi) is 5.49. The van der Waals surface area contributed by atoms with Crippen molar-refractivity contribution in [2.45, 2.75) is 19.8 Å². The van der Waals surface area contributed by atoms with Gasteiger partial charge >= 0.3 is 5.97 Å². The highest BCUT2D eigenvalue weighted by Crippen LogP contribution is 2.21. The van der Waals surface area contributed by atoms with Gasteiger partial charge in [-0.15, -0.1) is 0 Å². The summed E-state index contributed by atoms with van der Waals surface area (Å²) in [6, 6.07) is 14.2. The molecule has 0 saturated carbocycles. The topological polar surface area (TPSA) is 46.6 Å². The van der Waals surface area contributed by atoms with Crippen LogP contribution in [-0.4, -0.2) is 36.5 Å². The van der Waals surface area contributed by atoms with Crippen LogP contribution in [0.15, 0.2) is 48.5 Å². The van der Waals surface area contributed by atoms with Crippen LogP contribution in [0.25, 0.3) is 16.8 Å². The van der Waals surface area contributed by atoms with E-state index in [-0.39, 0.29) is 17.8 Å². The summed E-state index contributed by atoms with van der Waals surface area (Å²) in [6.45, 7) is 3.31. The fraction of sp³-hybridized carbons (Fsp3) is 0.333. The maximum absolute atomic E-state index is 12.5. The molecule has 0 radical (unpaired) electrons. The molecule has 3 rings (SSSR count). The molecule has 130 valence electrons. The summed E-state index contributed by atoms with van der Waals surface area (Å²) in [6.07, 6.45) is 5.08. The van der Waals surface area contributed by atoms with Crippen molar-refractivity contribution in [1.29, 1.82) is 0 Å². The lowest BCUT2D eigenvalue weighted by atomic mass is 9.98. The lowest BCUT2D eigenvalue weighted by molar-refractivity contribution is -0.150. The van der Waals surface area contributed by atoms with Crippen LogP contribution in [0, 0.1) is 5.92 Å². The second-order valence-electron chi connectivity index (χ2n) is 6.28. The number of benzene rings is 2. The Bertz CT molecular complexity index is 791. The molecule has 0 spiro atoms. The van der Waals surface area contributed by atoms with E-state index in [1.54, 1.807) is 17.9 Å². The minimum Gasteiger partial charge on any atom is -0.466 e. The molecule has 0 aromatic heterocycles. The molecule has 1 heterocycles. The van der Waals surface area contributed by atoms with Crippen LogP contribution < -0.4 is 0 Å².